The minimum absolute atomic E-state index is 0.0762. The molecule has 20 heavy (non-hydrogen) atoms. The van der Waals surface area contributed by atoms with E-state index in [0.717, 1.165) is 5.56 Å². The fraction of sp³-hybridized carbons (Fsp3) is 0.143. The first kappa shape index (κ1) is 13.4. The van der Waals surface area contributed by atoms with Gasteiger partial charge in [-0.05, 0) is 33.6 Å². The number of pyridine rings is 1. The molecule has 0 aliphatic carbocycles. The SMILES string of the molecule is Cn1ccc2nc(Br)n(Cc3ccccc3Cl)c2c1=O. The van der Waals surface area contributed by atoms with Crippen molar-refractivity contribution in [2.45, 2.75) is 6.54 Å². The summed E-state index contributed by atoms with van der Waals surface area (Å²) in [4.78, 5) is 16.6. The molecule has 1 aromatic carbocycles. The normalized spacial score (nSPS) is 11.2. The minimum Gasteiger partial charge on any atom is -0.317 e. The van der Waals surface area contributed by atoms with E-state index >= 15 is 0 Å². The van der Waals surface area contributed by atoms with E-state index in [2.05, 4.69) is 20.9 Å². The van der Waals surface area contributed by atoms with Crippen molar-refractivity contribution in [3.63, 3.8) is 0 Å². The topological polar surface area (TPSA) is 39.8 Å². The average Bonchev–Trinajstić information content (AvgIpc) is 2.74. The summed E-state index contributed by atoms with van der Waals surface area (Å²) in [6.45, 7) is 0.496. The van der Waals surface area contributed by atoms with Crippen molar-refractivity contribution in [3.05, 3.63) is 62.2 Å². The van der Waals surface area contributed by atoms with Crippen LogP contribution in [0.25, 0.3) is 11.0 Å². The third-order valence-electron chi connectivity index (χ3n) is 3.21. The van der Waals surface area contributed by atoms with E-state index in [1.165, 1.54) is 0 Å². The van der Waals surface area contributed by atoms with Crippen LogP contribution in [0.1, 0.15) is 5.56 Å². The van der Waals surface area contributed by atoms with E-state index < -0.39 is 0 Å². The second kappa shape index (κ2) is 5.07. The number of aromatic nitrogens is 3. The molecular weight excluding hydrogens is 342 g/mol. The molecular formula is C14H11BrClN3O. The summed E-state index contributed by atoms with van der Waals surface area (Å²) in [5, 5.41) is 0.675. The van der Waals surface area contributed by atoms with Crippen molar-refractivity contribution >= 4 is 38.6 Å². The van der Waals surface area contributed by atoms with Crippen molar-refractivity contribution in [2.75, 3.05) is 0 Å². The summed E-state index contributed by atoms with van der Waals surface area (Å²) >= 11 is 9.59. The van der Waals surface area contributed by atoms with Crippen molar-refractivity contribution < 1.29 is 0 Å². The average molecular weight is 353 g/mol. The number of nitrogens with zero attached hydrogens (tertiary/aromatic N) is 3. The summed E-state index contributed by atoms with van der Waals surface area (Å²) < 4.78 is 3.99. The smallest absolute Gasteiger partial charge is 0.276 e. The van der Waals surface area contributed by atoms with Crippen LogP contribution in [-0.4, -0.2) is 14.1 Å². The number of halogens is 2. The fourth-order valence-electron chi connectivity index (χ4n) is 2.14. The largest absolute Gasteiger partial charge is 0.317 e. The third-order valence-corrected chi connectivity index (χ3v) is 4.19. The first-order valence-electron chi connectivity index (χ1n) is 6.02. The van der Waals surface area contributed by atoms with E-state index in [1.54, 1.807) is 17.8 Å². The van der Waals surface area contributed by atoms with Gasteiger partial charge < -0.3 is 9.13 Å². The number of hydrogen-bond donors (Lipinski definition) is 0. The number of benzene rings is 1. The molecule has 3 rings (SSSR count). The Bertz CT molecular complexity index is 853. The predicted molar refractivity (Wildman–Crippen MR) is 83.2 cm³/mol. The Labute approximate surface area is 128 Å². The Morgan fingerprint density at radius 2 is 2.05 bits per heavy atom. The Kier molecular flexibility index (Phi) is 3.40. The van der Waals surface area contributed by atoms with Crippen LogP contribution in [0.3, 0.4) is 0 Å². The van der Waals surface area contributed by atoms with Gasteiger partial charge in [-0.1, -0.05) is 29.8 Å². The van der Waals surface area contributed by atoms with Crippen LogP contribution in [0.4, 0.5) is 0 Å². The number of aryl methyl sites for hydroxylation is 1. The molecule has 0 aliphatic heterocycles. The summed E-state index contributed by atoms with van der Waals surface area (Å²) in [6, 6.07) is 9.40. The quantitative estimate of drug-likeness (QED) is 0.710. The standard InChI is InChI=1S/C14H11BrClN3O/c1-18-7-6-11-12(13(18)20)19(14(15)17-11)8-9-4-2-3-5-10(9)16/h2-7H,8H2,1H3. The molecule has 0 bridgehead atoms. The summed E-state index contributed by atoms with van der Waals surface area (Å²) in [7, 11) is 1.72. The molecule has 0 aliphatic rings. The van der Waals surface area contributed by atoms with Crippen LogP contribution in [-0.2, 0) is 13.6 Å². The molecule has 2 heterocycles. The van der Waals surface area contributed by atoms with E-state index in [-0.39, 0.29) is 5.56 Å². The number of hydrogen-bond acceptors (Lipinski definition) is 2. The van der Waals surface area contributed by atoms with Gasteiger partial charge >= 0.3 is 0 Å². The van der Waals surface area contributed by atoms with Crippen LogP contribution in [0, 0.1) is 0 Å². The van der Waals surface area contributed by atoms with Gasteiger partial charge in [0.15, 0.2) is 4.73 Å². The minimum atomic E-state index is -0.0762. The zero-order valence-corrected chi connectivity index (χ0v) is 13.0. The van der Waals surface area contributed by atoms with Gasteiger partial charge in [0.25, 0.3) is 5.56 Å². The molecule has 0 saturated carbocycles. The molecule has 2 aromatic heterocycles. The Balaban J connectivity index is 2.22. The van der Waals surface area contributed by atoms with Crippen molar-refractivity contribution in [2.24, 2.45) is 7.05 Å². The van der Waals surface area contributed by atoms with E-state index in [1.807, 2.05) is 34.9 Å². The van der Waals surface area contributed by atoms with Gasteiger partial charge in [0.2, 0.25) is 0 Å². The van der Waals surface area contributed by atoms with Crippen molar-refractivity contribution in [1.82, 2.24) is 14.1 Å². The highest BCUT2D eigenvalue weighted by Crippen LogP contribution is 2.22. The van der Waals surface area contributed by atoms with Crippen LogP contribution in [0.2, 0.25) is 5.02 Å². The molecule has 3 aromatic rings. The van der Waals surface area contributed by atoms with Gasteiger partial charge in [0.05, 0.1) is 12.1 Å². The lowest BCUT2D eigenvalue weighted by Gasteiger charge is -2.08. The Morgan fingerprint density at radius 1 is 1.30 bits per heavy atom. The number of imidazole rings is 1. The van der Waals surface area contributed by atoms with E-state index in [9.17, 15) is 4.79 Å². The molecule has 0 spiro atoms. The van der Waals surface area contributed by atoms with Crippen molar-refractivity contribution in [1.29, 1.82) is 0 Å². The van der Waals surface area contributed by atoms with E-state index in [4.69, 9.17) is 11.6 Å². The van der Waals surface area contributed by atoms with Crippen LogP contribution < -0.4 is 5.56 Å². The molecule has 0 radical (unpaired) electrons. The van der Waals surface area contributed by atoms with Crippen LogP contribution in [0.5, 0.6) is 0 Å². The van der Waals surface area contributed by atoms with Gasteiger partial charge in [-0.3, -0.25) is 4.79 Å². The van der Waals surface area contributed by atoms with Crippen LogP contribution in [0.15, 0.2) is 46.1 Å². The lowest BCUT2D eigenvalue weighted by molar-refractivity contribution is 0.783. The highest BCUT2D eigenvalue weighted by molar-refractivity contribution is 9.10. The molecule has 4 nitrogen and oxygen atoms in total. The third kappa shape index (κ3) is 2.17. The van der Waals surface area contributed by atoms with Gasteiger partial charge in [-0.25, -0.2) is 4.98 Å². The highest BCUT2D eigenvalue weighted by atomic mass is 79.9. The Morgan fingerprint density at radius 3 is 2.80 bits per heavy atom. The summed E-state index contributed by atoms with van der Waals surface area (Å²) in [5.41, 5.74) is 2.11. The van der Waals surface area contributed by atoms with Gasteiger partial charge in [-0.2, -0.15) is 0 Å². The van der Waals surface area contributed by atoms with Gasteiger partial charge in [-0.15, -0.1) is 0 Å². The van der Waals surface area contributed by atoms with E-state index in [0.29, 0.717) is 27.3 Å². The maximum Gasteiger partial charge on any atom is 0.276 e. The number of fused-ring (bicyclic) bond motifs is 1. The lowest BCUT2D eigenvalue weighted by atomic mass is 10.2. The Hall–Kier alpha value is -1.59. The molecule has 102 valence electrons. The zero-order valence-electron chi connectivity index (χ0n) is 10.7. The zero-order chi connectivity index (χ0) is 14.3. The molecule has 0 unspecified atom stereocenters. The predicted octanol–water partition coefficient (Wildman–Crippen LogP) is 3.20. The number of rotatable bonds is 2. The molecule has 6 heteroatoms. The maximum absolute atomic E-state index is 12.3. The molecule has 0 N–H and O–H groups in total. The summed E-state index contributed by atoms with van der Waals surface area (Å²) in [5.74, 6) is 0. The molecule has 0 amide bonds. The molecule has 0 saturated heterocycles. The molecule has 0 atom stereocenters. The lowest BCUT2D eigenvalue weighted by Crippen LogP contribution is -2.18. The fourth-order valence-corrected chi connectivity index (χ4v) is 2.83. The second-order valence-corrected chi connectivity index (χ2v) is 5.64. The molecule has 0 fully saturated rings. The maximum atomic E-state index is 12.3. The van der Waals surface area contributed by atoms with Crippen molar-refractivity contribution in [3.8, 4) is 0 Å². The first-order chi connectivity index (χ1) is 9.58. The monoisotopic (exact) mass is 351 g/mol. The second-order valence-electron chi connectivity index (χ2n) is 4.52. The summed E-state index contributed by atoms with van der Waals surface area (Å²) in [6.07, 6.45) is 1.71. The van der Waals surface area contributed by atoms with Gasteiger partial charge in [0, 0.05) is 18.3 Å². The van der Waals surface area contributed by atoms with Gasteiger partial charge in [0.1, 0.15) is 5.52 Å². The highest BCUT2D eigenvalue weighted by Gasteiger charge is 2.14. The first-order valence-corrected chi connectivity index (χ1v) is 7.20. The van der Waals surface area contributed by atoms with Crippen LogP contribution >= 0.6 is 27.5 Å².